The average Bonchev–Trinajstić information content (AvgIpc) is 3.08. The molecule has 1 saturated carbocycles. The molecule has 0 bridgehead atoms. The number of hydrogen-bond acceptors (Lipinski definition) is 5. The first-order chi connectivity index (χ1) is 10.9. The maximum Gasteiger partial charge on any atom is 0.409 e. The summed E-state index contributed by atoms with van der Waals surface area (Å²) >= 11 is 0. The fraction of sp³-hybridized carbons (Fsp3) is 0.929. The molecule has 0 spiro atoms. The summed E-state index contributed by atoms with van der Waals surface area (Å²) < 4.78 is 37.0. The van der Waals surface area contributed by atoms with E-state index in [-0.39, 0.29) is 18.1 Å². The molecule has 23 heavy (non-hydrogen) atoms. The molecule has 1 aliphatic heterocycles. The summed E-state index contributed by atoms with van der Waals surface area (Å²) in [4.78, 5) is 2.78. The maximum absolute atomic E-state index is 12.3. The van der Waals surface area contributed by atoms with Gasteiger partial charge in [0.05, 0.1) is 12.6 Å². The van der Waals surface area contributed by atoms with Crippen LogP contribution in [0.3, 0.4) is 0 Å². The minimum Gasteiger partial charge on any atom is -0.393 e. The molecular formula is C14H22F3N5O. The molecule has 0 aromatic carbocycles. The van der Waals surface area contributed by atoms with E-state index in [1.807, 2.05) is 0 Å². The van der Waals surface area contributed by atoms with Crippen LogP contribution in [-0.4, -0.2) is 55.1 Å². The molecule has 1 aromatic heterocycles. The summed E-state index contributed by atoms with van der Waals surface area (Å²) in [5.74, 6) is 0.558. The van der Waals surface area contributed by atoms with Gasteiger partial charge in [-0.3, -0.25) is 4.90 Å². The van der Waals surface area contributed by atoms with Crippen LogP contribution in [0, 0.1) is 5.92 Å². The van der Waals surface area contributed by atoms with Gasteiger partial charge in [0.1, 0.15) is 0 Å². The summed E-state index contributed by atoms with van der Waals surface area (Å²) in [5.41, 5.74) is 0. The highest BCUT2D eigenvalue weighted by Crippen LogP contribution is 2.35. The Morgan fingerprint density at radius 3 is 2.65 bits per heavy atom. The molecule has 3 rings (SSSR count). The Kier molecular flexibility index (Phi) is 4.86. The molecule has 2 fully saturated rings. The average molecular weight is 333 g/mol. The van der Waals surface area contributed by atoms with E-state index in [1.54, 1.807) is 0 Å². The van der Waals surface area contributed by atoms with Crippen molar-refractivity contribution in [2.75, 3.05) is 6.54 Å². The van der Waals surface area contributed by atoms with Crippen LogP contribution in [0.15, 0.2) is 0 Å². The summed E-state index contributed by atoms with van der Waals surface area (Å²) in [6, 6.07) is 0.264. The lowest BCUT2D eigenvalue weighted by atomic mass is 9.80. The second-order valence-electron chi connectivity index (χ2n) is 6.55. The van der Waals surface area contributed by atoms with Gasteiger partial charge in [0.25, 0.3) is 0 Å². The van der Waals surface area contributed by atoms with E-state index < -0.39 is 12.7 Å². The molecule has 9 heteroatoms. The van der Waals surface area contributed by atoms with Crippen LogP contribution < -0.4 is 0 Å². The molecule has 0 unspecified atom stereocenters. The summed E-state index contributed by atoms with van der Waals surface area (Å²) in [7, 11) is 0. The quantitative estimate of drug-likeness (QED) is 0.909. The van der Waals surface area contributed by atoms with Crippen LogP contribution in [0.5, 0.6) is 0 Å². The number of halogens is 3. The first-order valence-corrected chi connectivity index (χ1v) is 8.18. The van der Waals surface area contributed by atoms with Gasteiger partial charge in [0, 0.05) is 12.0 Å². The zero-order valence-electron chi connectivity index (χ0n) is 12.9. The van der Waals surface area contributed by atoms with Crippen molar-refractivity contribution >= 4 is 0 Å². The number of aliphatic hydroxyl groups is 1. The molecule has 0 amide bonds. The SMILES string of the molecule is O[C@@H]1CCCC[C@H]1[C@H]1CCCN1Cc1nnn(CC(F)(F)F)n1. The largest absolute Gasteiger partial charge is 0.409 e. The maximum atomic E-state index is 12.3. The van der Waals surface area contributed by atoms with Crippen molar-refractivity contribution in [1.82, 2.24) is 25.1 Å². The number of rotatable bonds is 4. The molecule has 0 radical (unpaired) electrons. The van der Waals surface area contributed by atoms with Gasteiger partial charge in [-0.25, -0.2) is 0 Å². The van der Waals surface area contributed by atoms with E-state index >= 15 is 0 Å². The van der Waals surface area contributed by atoms with Gasteiger partial charge in [-0.1, -0.05) is 12.8 Å². The second kappa shape index (κ2) is 6.72. The van der Waals surface area contributed by atoms with Crippen LogP contribution in [0.25, 0.3) is 0 Å². The number of hydrogen-bond donors (Lipinski definition) is 1. The summed E-state index contributed by atoms with van der Waals surface area (Å²) in [6.07, 6.45) is 1.47. The number of likely N-dealkylation sites (tertiary alicyclic amines) is 1. The van der Waals surface area contributed by atoms with Crippen LogP contribution in [0.1, 0.15) is 44.3 Å². The van der Waals surface area contributed by atoms with Gasteiger partial charge in [0.2, 0.25) is 0 Å². The lowest BCUT2D eigenvalue weighted by Crippen LogP contribution is -2.42. The van der Waals surface area contributed by atoms with Crippen molar-refractivity contribution in [3.63, 3.8) is 0 Å². The highest BCUT2D eigenvalue weighted by Gasteiger charge is 2.37. The first kappa shape index (κ1) is 16.6. The number of tetrazole rings is 1. The van der Waals surface area contributed by atoms with Gasteiger partial charge < -0.3 is 5.11 Å². The second-order valence-corrected chi connectivity index (χ2v) is 6.55. The third kappa shape index (κ3) is 4.20. The molecule has 130 valence electrons. The minimum atomic E-state index is -4.35. The topological polar surface area (TPSA) is 67.1 Å². The molecular weight excluding hydrogens is 311 g/mol. The van der Waals surface area contributed by atoms with Gasteiger partial charge in [-0.15, -0.1) is 10.2 Å². The predicted octanol–water partition coefficient (Wildman–Crippen LogP) is 1.75. The van der Waals surface area contributed by atoms with Crippen molar-refractivity contribution in [2.45, 2.75) is 69.9 Å². The van der Waals surface area contributed by atoms with E-state index in [1.165, 1.54) is 0 Å². The summed E-state index contributed by atoms with van der Waals surface area (Å²) in [6.45, 7) is 0.0399. The molecule has 1 aliphatic carbocycles. The molecule has 1 saturated heterocycles. The van der Waals surface area contributed by atoms with Gasteiger partial charge >= 0.3 is 6.18 Å². The molecule has 2 aliphatic rings. The van der Waals surface area contributed by atoms with Crippen molar-refractivity contribution in [3.05, 3.63) is 5.82 Å². The van der Waals surface area contributed by atoms with E-state index in [4.69, 9.17) is 0 Å². The van der Waals surface area contributed by atoms with Gasteiger partial charge in [-0.2, -0.15) is 18.0 Å². The standard InChI is InChI=1S/C14H22F3N5O/c15-14(16,17)9-22-19-13(18-20-22)8-21-7-3-5-11(21)10-4-1-2-6-12(10)23/h10-12,23H,1-9H2/t10-,11+,12+/m0/s1. The lowest BCUT2D eigenvalue weighted by Gasteiger charge is -2.36. The molecule has 1 aromatic rings. The van der Waals surface area contributed by atoms with Crippen molar-refractivity contribution in [1.29, 1.82) is 0 Å². The van der Waals surface area contributed by atoms with Crippen LogP contribution >= 0.6 is 0 Å². The Balaban J connectivity index is 1.62. The lowest BCUT2D eigenvalue weighted by molar-refractivity contribution is -0.145. The Morgan fingerprint density at radius 1 is 1.13 bits per heavy atom. The number of alkyl halides is 3. The number of aromatic nitrogens is 4. The third-order valence-electron chi connectivity index (χ3n) is 4.85. The predicted molar refractivity (Wildman–Crippen MR) is 75.3 cm³/mol. The molecule has 2 heterocycles. The monoisotopic (exact) mass is 333 g/mol. The Bertz CT molecular complexity index is 521. The van der Waals surface area contributed by atoms with E-state index in [0.29, 0.717) is 17.2 Å². The van der Waals surface area contributed by atoms with Crippen molar-refractivity contribution in [3.8, 4) is 0 Å². The van der Waals surface area contributed by atoms with Crippen LogP contribution in [0.4, 0.5) is 13.2 Å². The zero-order valence-corrected chi connectivity index (χ0v) is 12.9. The van der Waals surface area contributed by atoms with E-state index in [2.05, 4.69) is 20.3 Å². The Morgan fingerprint density at radius 2 is 1.91 bits per heavy atom. The third-order valence-corrected chi connectivity index (χ3v) is 4.85. The van der Waals surface area contributed by atoms with Crippen LogP contribution in [-0.2, 0) is 13.1 Å². The number of aliphatic hydroxyl groups excluding tert-OH is 1. The molecule has 6 nitrogen and oxygen atoms in total. The van der Waals surface area contributed by atoms with E-state index in [9.17, 15) is 18.3 Å². The van der Waals surface area contributed by atoms with Crippen molar-refractivity contribution in [2.24, 2.45) is 5.92 Å². The van der Waals surface area contributed by atoms with Crippen LogP contribution in [0.2, 0.25) is 0 Å². The Labute approximate surface area is 132 Å². The fourth-order valence-corrected chi connectivity index (χ4v) is 3.87. The minimum absolute atomic E-state index is 0.247. The first-order valence-electron chi connectivity index (χ1n) is 8.18. The fourth-order valence-electron chi connectivity index (χ4n) is 3.87. The molecule has 3 atom stereocenters. The Hall–Kier alpha value is -1.22. The highest BCUT2D eigenvalue weighted by atomic mass is 19.4. The zero-order chi connectivity index (χ0) is 16.4. The van der Waals surface area contributed by atoms with E-state index in [0.717, 1.165) is 45.1 Å². The van der Waals surface area contributed by atoms with Gasteiger partial charge in [0.15, 0.2) is 12.4 Å². The normalized spacial score (nSPS) is 30.0. The van der Waals surface area contributed by atoms with Gasteiger partial charge in [-0.05, 0) is 37.4 Å². The summed E-state index contributed by atoms with van der Waals surface area (Å²) in [5, 5.41) is 21.3. The number of nitrogens with zero attached hydrogens (tertiary/aromatic N) is 5. The smallest absolute Gasteiger partial charge is 0.393 e. The molecule has 1 N–H and O–H groups in total. The highest BCUT2D eigenvalue weighted by molar-refractivity contribution is 4.92. The van der Waals surface area contributed by atoms with Crippen molar-refractivity contribution < 1.29 is 18.3 Å².